The number of benzene rings is 3. The highest BCUT2D eigenvalue weighted by Crippen LogP contribution is 2.34. The molecule has 0 aliphatic heterocycles. The van der Waals surface area contributed by atoms with Crippen molar-refractivity contribution in [2.75, 3.05) is 0 Å². The second kappa shape index (κ2) is 8.01. The summed E-state index contributed by atoms with van der Waals surface area (Å²) in [7, 11) is 0. The molecule has 2 heterocycles. The van der Waals surface area contributed by atoms with E-state index in [1.54, 1.807) is 0 Å². The molecule has 146 valence electrons. The molecule has 0 atom stereocenters. The summed E-state index contributed by atoms with van der Waals surface area (Å²) < 4.78 is 1.01. The maximum absolute atomic E-state index is 13.2. The lowest BCUT2D eigenvalue weighted by Crippen LogP contribution is -2.16. The smallest absolute Gasteiger partial charge is 0.260 e. The van der Waals surface area contributed by atoms with Gasteiger partial charge in [0.25, 0.3) is 5.56 Å². The van der Waals surface area contributed by atoms with Crippen LogP contribution >= 0.6 is 27.3 Å². The average molecular weight is 473 g/mol. The number of halogens is 1. The monoisotopic (exact) mass is 472 g/mol. The lowest BCUT2D eigenvalue weighted by atomic mass is 9.90. The standard InChI is InChI=1S/C25H17BrN2OS/c26-19-13-11-16(12-14-19)20-15-30-25-22(20)24(29)27-23(28-25)21(17-7-3-1-4-8-17)18-9-5-2-6-10-18/h1-15,21H,(H,27,28,29). The summed E-state index contributed by atoms with van der Waals surface area (Å²) in [6.07, 6.45) is 0. The van der Waals surface area contributed by atoms with Gasteiger partial charge in [-0.25, -0.2) is 4.98 Å². The molecule has 1 N–H and O–H groups in total. The highest BCUT2D eigenvalue weighted by atomic mass is 79.9. The van der Waals surface area contributed by atoms with Crippen LogP contribution in [0.25, 0.3) is 21.3 Å². The van der Waals surface area contributed by atoms with Crippen molar-refractivity contribution in [2.45, 2.75) is 5.92 Å². The summed E-state index contributed by atoms with van der Waals surface area (Å²) in [6.45, 7) is 0. The molecule has 0 aliphatic carbocycles. The van der Waals surface area contributed by atoms with E-state index >= 15 is 0 Å². The molecule has 5 rings (SSSR count). The van der Waals surface area contributed by atoms with Crippen molar-refractivity contribution >= 4 is 37.5 Å². The van der Waals surface area contributed by atoms with E-state index in [0.717, 1.165) is 31.6 Å². The fourth-order valence-corrected chi connectivity index (χ4v) is 4.96. The molecule has 0 aliphatic rings. The van der Waals surface area contributed by atoms with Gasteiger partial charge in [-0.1, -0.05) is 88.7 Å². The first-order valence-corrected chi connectivity index (χ1v) is 11.3. The molecule has 0 bridgehead atoms. The summed E-state index contributed by atoms with van der Waals surface area (Å²) in [5.41, 5.74) is 4.00. The van der Waals surface area contributed by atoms with E-state index in [1.807, 2.05) is 66.0 Å². The van der Waals surface area contributed by atoms with E-state index in [0.29, 0.717) is 11.2 Å². The van der Waals surface area contributed by atoms with Crippen LogP contribution in [-0.4, -0.2) is 9.97 Å². The Morgan fingerprint density at radius 1 is 0.833 bits per heavy atom. The zero-order chi connectivity index (χ0) is 20.5. The molecule has 30 heavy (non-hydrogen) atoms. The molecule has 5 aromatic rings. The number of nitrogens with one attached hydrogen (secondary N) is 1. The molecule has 0 amide bonds. The van der Waals surface area contributed by atoms with E-state index in [4.69, 9.17) is 4.98 Å². The van der Waals surface area contributed by atoms with Gasteiger partial charge in [0.1, 0.15) is 10.7 Å². The summed E-state index contributed by atoms with van der Waals surface area (Å²) in [5, 5.41) is 2.66. The minimum absolute atomic E-state index is 0.106. The summed E-state index contributed by atoms with van der Waals surface area (Å²) in [5.74, 6) is 0.525. The number of nitrogens with zero attached hydrogens (tertiary/aromatic N) is 1. The van der Waals surface area contributed by atoms with Crippen LogP contribution in [0.5, 0.6) is 0 Å². The molecule has 0 radical (unpaired) electrons. The Kier molecular flexibility index (Phi) is 5.07. The molecular formula is C25H17BrN2OS. The molecule has 0 unspecified atom stereocenters. The van der Waals surface area contributed by atoms with Gasteiger partial charge in [-0.3, -0.25) is 4.79 Å². The molecule has 2 aromatic heterocycles. The number of aromatic nitrogens is 2. The fourth-order valence-electron chi connectivity index (χ4n) is 3.74. The Bertz CT molecular complexity index is 1320. The van der Waals surface area contributed by atoms with Gasteiger partial charge in [-0.2, -0.15) is 0 Å². The molecule has 3 nitrogen and oxygen atoms in total. The Labute approximate surface area is 186 Å². The Hall–Kier alpha value is -3.02. The minimum Gasteiger partial charge on any atom is -0.309 e. The van der Waals surface area contributed by atoms with Crippen LogP contribution in [0.2, 0.25) is 0 Å². The minimum atomic E-state index is -0.136. The first-order valence-electron chi connectivity index (χ1n) is 9.58. The number of hydrogen-bond donors (Lipinski definition) is 1. The SMILES string of the molecule is O=c1[nH]c(C(c2ccccc2)c2ccccc2)nc2scc(-c3ccc(Br)cc3)c12. The molecule has 5 heteroatoms. The highest BCUT2D eigenvalue weighted by Gasteiger charge is 2.21. The van der Waals surface area contributed by atoms with Gasteiger partial charge in [-0.05, 0) is 28.8 Å². The fraction of sp³-hybridized carbons (Fsp3) is 0.0400. The molecule has 0 spiro atoms. The number of fused-ring (bicyclic) bond motifs is 1. The van der Waals surface area contributed by atoms with Gasteiger partial charge in [0, 0.05) is 15.4 Å². The van der Waals surface area contributed by atoms with Crippen LogP contribution in [0.3, 0.4) is 0 Å². The molecular weight excluding hydrogens is 456 g/mol. The van der Waals surface area contributed by atoms with Gasteiger partial charge in [0.2, 0.25) is 0 Å². The number of thiophene rings is 1. The van der Waals surface area contributed by atoms with Gasteiger partial charge in [0.05, 0.1) is 11.3 Å². The molecule has 0 fully saturated rings. The lowest BCUT2D eigenvalue weighted by Gasteiger charge is -2.17. The van der Waals surface area contributed by atoms with E-state index in [-0.39, 0.29) is 11.5 Å². The Morgan fingerprint density at radius 3 is 2.03 bits per heavy atom. The third kappa shape index (κ3) is 3.51. The first-order chi connectivity index (χ1) is 14.7. The van der Waals surface area contributed by atoms with Crippen molar-refractivity contribution in [2.24, 2.45) is 0 Å². The Balaban J connectivity index is 1.68. The predicted molar refractivity (Wildman–Crippen MR) is 127 cm³/mol. The van der Waals surface area contributed by atoms with Crippen molar-refractivity contribution in [3.63, 3.8) is 0 Å². The third-order valence-corrected chi connectivity index (χ3v) is 6.56. The summed E-state index contributed by atoms with van der Waals surface area (Å²) in [6, 6.07) is 28.3. The third-order valence-electron chi connectivity index (χ3n) is 5.16. The van der Waals surface area contributed by atoms with Crippen LogP contribution in [0, 0.1) is 0 Å². The second-order valence-corrected chi connectivity index (χ2v) is 8.82. The van der Waals surface area contributed by atoms with Crippen LogP contribution in [0.4, 0.5) is 0 Å². The quantitative estimate of drug-likeness (QED) is 0.320. The maximum Gasteiger partial charge on any atom is 0.260 e. The number of aromatic amines is 1. The van der Waals surface area contributed by atoms with E-state index in [9.17, 15) is 4.79 Å². The van der Waals surface area contributed by atoms with Crippen molar-refractivity contribution in [1.82, 2.24) is 9.97 Å². The van der Waals surface area contributed by atoms with Crippen LogP contribution < -0.4 is 5.56 Å². The molecule has 3 aromatic carbocycles. The molecule has 0 saturated carbocycles. The summed E-state index contributed by atoms with van der Waals surface area (Å²) in [4.78, 5) is 21.9. The lowest BCUT2D eigenvalue weighted by molar-refractivity contribution is 0.860. The van der Waals surface area contributed by atoms with Gasteiger partial charge in [0.15, 0.2) is 0 Å². The zero-order valence-electron chi connectivity index (χ0n) is 15.9. The van der Waals surface area contributed by atoms with Crippen LogP contribution in [0.15, 0.2) is 99.6 Å². The second-order valence-electron chi connectivity index (χ2n) is 7.04. The van der Waals surface area contributed by atoms with E-state index in [2.05, 4.69) is 45.2 Å². The number of hydrogen-bond acceptors (Lipinski definition) is 3. The van der Waals surface area contributed by atoms with Gasteiger partial charge >= 0.3 is 0 Å². The largest absolute Gasteiger partial charge is 0.309 e. The predicted octanol–water partition coefficient (Wildman–Crippen LogP) is 6.59. The zero-order valence-corrected chi connectivity index (χ0v) is 18.3. The summed E-state index contributed by atoms with van der Waals surface area (Å²) >= 11 is 4.97. The topological polar surface area (TPSA) is 45.8 Å². The van der Waals surface area contributed by atoms with Crippen molar-refractivity contribution < 1.29 is 0 Å². The average Bonchev–Trinajstić information content (AvgIpc) is 3.21. The maximum atomic E-state index is 13.2. The van der Waals surface area contributed by atoms with Crippen molar-refractivity contribution in [1.29, 1.82) is 0 Å². The normalized spacial score (nSPS) is 11.3. The van der Waals surface area contributed by atoms with E-state index in [1.165, 1.54) is 11.3 Å². The number of rotatable bonds is 4. The van der Waals surface area contributed by atoms with Crippen molar-refractivity contribution in [3.8, 4) is 11.1 Å². The van der Waals surface area contributed by atoms with Crippen LogP contribution in [-0.2, 0) is 0 Å². The van der Waals surface area contributed by atoms with Crippen molar-refractivity contribution in [3.05, 3.63) is 122 Å². The van der Waals surface area contributed by atoms with Gasteiger partial charge < -0.3 is 4.98 Å². The Morgan fingerprint density at radius 2 is 1.43 bits per heavy atom. The van der Waals surface area contributed by atoms with E-state index < -0.39 is 0 Å². The number of H-pyrrole nitrogens is 1. The highest BCUT2D eigenvalue weighted by molar-refractivity contribution is 9.10. The first kappa shape index (κ1) is 19.0. The van der Waals surface area contributed by atoms with Crippen LogP contribution in [0.1, 0.15) is 22.9 Å². The van der Waals surface area contributed by atoms with Gasteiger partial charge in [-0.15, -0.1) is 11.3 Å². The molecule has 0 saturated heterocycles.